The van der Waals surface area contributed by atoms with E-state index in [0.717, 1.165) is 21.5 Å². The third-order valence-electron chi connectivity index (χ3n) is 2.36. The van der Waals surface area contributed by atoms with Crippen LogP contribution in [-0.2, 0) is 0 Å². The number of halogens is 4. The minimum absolute atomic E-state index is 0.131. The Hall–Kier alpha value is 0.0300. The molecule has 1 unspecified atom stereocenters. The standard InChI is InChI=1S/C12H8Br3ClO2/c1-17-12-7(4-6(16)5-8(12)13)11(15)9-2-3-10(14)18-9/h2-5,11H,1H3. The average molecular weight is 459 g/mol. The maximum atomic E-state index is 6.07. The first kappa shape index (κ1) is 14.4. The number of ether oxygens (including phenoxy) is 1. The van der Waals surface area contributed by atoms with Gasteiger partial charge in [-0.2, -0.15) is 0 Å². The predicted molar refractivity (Wildman–Crippen MR) is 82.9 cm³/mol. The Labute approximate surface area is 135 Å². The summed E-state index contributed by atoms with van der Waals surface area (Å²) in [4.78, 5) is -0.131. The summed E-state index contributed by atoms with van der Waals surface area (Å²) < 4.78 is 12.4. The second-order valence-electron chi connectivity index (χ2n) is 3.51. The molecular formula is C12H8Br3ClO2. The fourth-order valence-electron chi connectivity index (χ4n) is 1.60. The molecule has 0 spiro atoms. The van der Waals surface area contributed by atoms with Crippen molar-refractivity contribution in [2.75, 3.05) is 7.11 Å². The lowest BCUT2D eigenvalue weighted by Gasteiger charge is -2.14. The van der Waals surface area contributed by atoms with Gasteiger partial charge in [-0.05, 0) is 56.1 Å². The van der Waals surface area contributed by atoms with Gasteiger partial charge in [0.2, 0.25) is 0 Å². The Bertz CT molecular complexity index is 568. The van der Waals surface area contributed by atoms with E-state index in [2.05, 4.69) is 47.8 Å². The third kappa shape index (κ3) is 2.95. The first-order valence-electron chi connectivity index (χ1n) is 4.95. The molecule has 2 aromatic rings. The molecule has 0 radical (unpaired) electrons. The van der Waals surface area contributed by atoms with E-state index < -0.39 is 0 Å². The number of hydrogen-bond acceptors (Lipinski definition) is 2. The zero-order valence-electron chi connectivity index (χ0n) is 9.22. The molecule has 2 nitrogen and oxygen atoms in total. The number of methoxy groups -OCH3 is 1. The Balaban J connectivity index is 2.49. The minimum atomic E-state index is -0.131. The van der Waals surface area contributed by atoms with E-state index >= 15 is 0 Å². The molecule has 0 saturated heterocycles. The molecule has 0 fully saturated rings. The van der Waals surface area contributed by atoms with Crippen molar-refractivity contribution in [3.8, 4) is 5.75 Å². The molecule has 0 aliphatic heterocycles. The second-order valence-corrected chi connectivity index (χ2v) is 6.50. The van der Waals surface area contributed by atoms with Gasteiger partial charge in [0.1, 0.15) is 16.3 Å². The largest absolute Gasteiger partial charge is 0.495 e. The number of hydrogen-bond donors (Lipinski definition) is 0. The predicted octanol–water partition coefficient (Wildman–Crippen LogP) is 5.95. The molecule has 18 heavy (non-hydrogen) atoms. The van der Waals surface area contributed by atoms with Crippen molar-refractivity contribution in [1.29, 1.82) is 0 Å². The Kier molecular flexibility index (Phi) is 4.80. The van der Waals surface area contributed by atoms with E-state index in [-0.39, 0.29) is 4.83 Å². The molecular weight excluding hydrogens is 451 g/mol. The van der Waals surface area contributed by atoms with Crippen LogP contribution in [0.25, 0.3) is 0 Å². The van der Waals surface area contributed by atoms with Crippen molar-refractivity contribution < 1.29 is 9.15 Å². The lowest BCUT2D eigenvalue weighted by atomic mass is 10.1. The average Bonchev–Trinajstić information content (AvgIpc) is 2.74. The van der Waals surface area contributed by atoms with Crippen LogP contribution in [0.4, 0.5) is 0 Å². The fourth-order valence-corrected chi connectivity index (χ4v) is 3.50. The molecule has 0 saturated carbocycles. The zero-order chi connectivity index (χ0) is 13.3. The maximum Gasteiger partial charge on any atom is 0.169 e. The summed E-state index contributed by atoms with van der Waals surface area (Å²) in [5.74, 6) is 1.50. The van der Waals surface area contributed by atoms with E-state index in [4.69, 9.17) is 20.8 Å². The summed E-state index contributed by atoms with van der Waals surface area (Å²) in [6.45, 7) is 0. The highest BCUT2D eigenvalue weighted by Gasteiger charge is 2.21. The monoisotopic (exact) mass is 456 g/mol. The van der Waals surface area contributed by atoms with Crippen LogP contribution in [0.1, 0.15) is 16.2 Å². The van der Waals surface area contributed by atoms with Gasteiger partial charge in [-0.25, -0.2) is 0 Å². The molecule has 1 aromatic carbocycles. The smallest absolute Gasteiger partial charge is 0.169 e. The van der Waals surface area contributed by atoms with Crippen molar-refractivity contribution in [3.05, 3.63) is 49.8 Å². The number of furan rings is 1. The summed E-state index contributed by atoms with van der Waals surface area (Å²) in [6.07, 6.45) is 0. The first-order valence-corrected chi connectivity index (χ1v) is 7.83. The normalized spacial score (nSPS) is 12.5. The van der Waals surface area contributed by atoms with Gasteiger partial charge >= 0.3 is 0 Å². The van der Waals surface area contributed by atoms with Gasteiger partial charge in [0.05, 0.1) is 11.6 Å². The van der Waals surface area contributed by atoms with Crippen LogP contribution in [0.2, 0.25) is 5.02 Å². The first-order chi connectivity index (χ1) is 8.52. The summed E-state index contributed by atoms with van der Waals surface area (Å²) in [5.41, 5.74) is 0.902. The van der Waals surface area contributed by atoms with Crippen molar-refractivity contribution in [2.45, 2.75) is 4.83 Å². The maximum absolute atomic E-state index is 6.07. The van der Waals surface area contributed by atoms with Gasteiger partial charge < -0.3 is 9.15 Å². The highest BCUT2D eigenvalue weighted by atomic mass is 79.9. The Morgan fingerprint density at radius 2 is 2.00 bits per heavy atom. The van der Waals surface area contributed by atoms with E-state index in [1.165, 1.54) is 0 Å². The highest BCUT2D eigenvalue weighted by molar-refractivity contribution is 9.10. The van der Waals surface area contributed by atoms with Gasteiger partial charge in [0.25, 0.3) is 0 Å². The summed E-state index contributed by atoms with van der Waals surface area (Å²) >= 11 is 16.4. The summed E-state index contributed by atoms with van der Waals surface area (Å²) in [5, 5.41) is 0.632. The van der Waals surface area contributed by atoms with Gasteiger partial charge in [0.15, 0.2) is 4.67 Å². The molecule has 0 aliphatic carbocycles. The van der Waals surface area contributed by atoms with Gasteiger partial charge in [-0.3, -0.25) is 0 Å². The van der Waals surface area contributed by atoms with Gasteiger partial charge in [-0.15, -0.1) is 0 Å². The van der Waals surface area contributed by atoms with Crippen LogP contribution in [0.15, 0.2) is 37.8 Å². The molecule has 6 heteroatoms. The zero-order valence-corrected chi connectivity index (χ0v) is 14.7. The number of alkyl halides is 1. The van der Waals surface area contributed by atoms with Crippen LogP contribution in [0.3, 0.4) is 0 Å². The summed E-state index contributed by atoms with van der Waals surface area (Å²) in [7, 11) is 1.62. The van der Waals surface area contributed by atoms with Crippen molar-refractivity contribution >= 4 is 59.4 Å². The molecule has 1 heterocycles. The van der Waals surface area contributed by atoms with Gasteiger partial charge in [-0.1, -0.05) is 27.5 Å². The van der Waals surface area contributed by atoms with E-state index in [1.54, 1.807) is 13.2 Å². The molecule has 2 rings (SSSR count). The lowest BCUT2D eigenvalue weighted by Crippen LogP contribution is -1.97. The van der Waals surface area contributed by atoms with Crippen LogP contribution in [0, 0.1) is 0 Å². The van der Waals surface area contributed by atoms with E-state index in [9.17, 15) is 0 Å². The number of rotatable bonds is 3. The van der Waals surface area contributed by atoms with Crippen LogP contribution in [-0.4, -0.2) is 7.11 Å². The molecule has 0 bridgehead atoms. The fraction of sp³-hybridized carbons (Fsp3) is 0.167. The minimum Gasteiger partial charge on any atom is -0.495 e. The molecule has 96 valence electrons. The Morgan fingerprint density at radius 3 is 2.56 bits per heavy atom. The van der Waals surface area contributed by atoms with E-state index in [1.807, 2.05) is 18.2 Å². The molecule has 0 aliphatic rings. The van der Waals surface area contributed by atoms with E-state index in [0.29, 0.717) is 9.69 Å². The topological polar surface area (TPSA) is 22.4 Å². The van der Waals surface area contributed by atoms with Crippen LogP contribution < -0.4 is 4.74 Å². The Morgan fingerprint density at radius 1 is 1.28 bits per heavy atom. The number of benzene rings is 1. The second kappa shape index (κ2) is 5.99. The highest BCUT2D eigenvalue weighted by Crippen LogP contribution is 2.42. The lowest BCUT2D eigenvalue weighted by molar-refractivity contribution is 0.405. The quantitative estimate of drug-likeness (QED) is 0.530. The molecule has 1 aromatic heterocycles. The van der Waals surface area contributed by atoms with Crippen molar-refractivity contribution in [1.82, 2.24) is 0 Å². The third-order valence-corrected chi connectivity index (χ3v) is 4.54. The van der Waals surface area contributed by atoms with Crippen molar-refractivity contribution in [2.24, 2.45) is 0 Å². The SMILES string of the molecule is COc1c(Br)cc(Cl)cc1C(Br)c1ccc(Br)o1. The molecule has 0 amide bonds. The van der Waals surface area contributed by atoms with Crippen LogP contribution >= 0.6 is 59.4 Å². The molecule has 1 atom stereocenters. The van der Waals surface area contributed by atoms with Gasteiger partial charge in [0, 0.05) is 10.6 Å². The molecule has 0 N–H and O–H groups in total. The summed E-state index contributed by atoms with van der Waals surface area (Å²) in [6, 6.07) is 7.37. The van der Waals surface area contributed by atoms with Crippen molar-refractivity contribution in [3.63, 3.8) is 0 Å². The van der Waals surface area contributed by atoms with Crippen LogP contribution in [0.5, 0.6) is 5.75 Å².